The molecule has 1 aliphatic rings. The number of aliphatic hydroxyl groups excluding tert-OH is 3. The Labute approximate surface area is 265 Å². The Kier molecular flexibility index (Phi) is 20.8. The van der Waals surface area contributed by atoms with Crippen LogP contribution in [0.2, 0.25) is 0 Å². The summed E-state index contributed by atoms with van der Waals surface area (Å²) in [6, 6.07) is 0. The second-order valence-electron chi connectivity index (χ2n) is 12.3. The molecule has 6 atom stereocenters. The predicted octanol–water partition coefficient (Wildman–Crippen LogP) is 5.12. The molecule has 1 heterocycles. The van der Waals surface area contributed by atoms with Crippen molar-refractivity contribution in [1.82, 2.24) is 5.32 Å². The minimum absolute atomic E-state index is 0.121. The molecule has 4 N–H and O–H groups in total. The van der Waals surface area contributed by atoms with Crippen LogP contribution in [0.3, 0.4) is 0 Å². The van der Waals surface area contributed by atoms with Gasteiger partial charge >= 0.3 is 5.97 Å². The average molecular weight is 622 g/mol. The Bertz CT molecular complexity index is 943. The van der Waals surface area contributed by atoms with Gasteiger partial charge < -0.3 is 30.1 Å². The number of hydrogen-bond acceptors (Lipinski definition) is 8. The van der Waals surface area contributed by atoms with Crippen molar-refractivity contribution in [2.75, 3.05) is 20.3 Å². The zero-order valence-electron chi connectivity index (χ0n) is 27.8. The molecule has 1 rings (SSSR count). The van der Waals surface area contributed by atoms with Crippen LogP contribution in [0.5, 0.6) is 0 Å². The smallest absolute Gasteiger partial charge is 0.334 e. The minimum Gasteiger partial charge on any atom is -0.449 e. The van der Waals surface area contributed by atoms with Gasteiger partial charge in [-0.15, -0.1) is 0 Å². The number of nitrogens with one attached hydrogen (secondary N) is 1. The lowest BCUT2D eigenvalue weighted by molar-refractivity contribution is -0.152. The summed E-state index contributed by atoms with van der Waals surface area (Å²) in [7, 11) is 1.61. The summed E-state index contributed by atoms with van der Waals surface area (Å²) >= 11 is 0. The lowest BCUT2D eigenvalue weighted by Gasteiger charge is -2.22. The van der Waals surface area contributed by atoms with Crippen molar-refractivity contribution in [2.24, 2.45) is 11.8 Å². The zero-order chi connectivity index (χ0) is 32.9. The van der Waals surface area contributed by atoms with Crippen LogP contribution in [-0.4, -0.2) is 77.7 Å². The van der Waals surface area contributed by atoms with Gasteiger partial charge in [-0.3, -0.25) is 9.59 Å². The van der Waals surface area contributed by atoms with E-state index in [1.165, 1.54) is 0 Å². The molecule has 0 aromatic heterocycles. The molecule has 0 saturated heterocycles. The van der Waals surface area contributed by atoms with Crippen molar-refractivity contribution in [3.8, 4) is 0 Å². The molecular formula is C35H59NO8. The number of methoxy groups -OCH3 is 1. The third-order valence-corrected chi connectivity index (χ3v) is 8.14. The summed E-state index contributed by atoms with van der Waals surface area (Å²) in [5.41, 5.74) is 1.40. The van der Waals surface area contributed by atoms with Crippen LogP contribution in [0.4, 0.5) is 0 Å². The quantitative estimate of drug-likeness (QED) is 0.310. The van der Waals surface area contributed by atoms with Gasteiger partial charge in [0.1, 0.15) is 5.78 Å². The maximum absolute atomic E-state index is 12.8. The fraction of sp³-hybridized carbons (Fsp3) is 0.743. The van der Waals surface area contributed by atoms with Crippen molar-refractivity contribution in [2.45, 2.75) is 136 Å². The maximum Gasteiger partial charge on any atom is 0.334 e. The van der Waals surface area contributed by atoms with Crippen LogP contribution in [0.1, 0.15) is 111 Å². The third-order valence-electron chi connectivity index (χ3n) is 8.14. The van der Waals surface area contributed by atoms with Crippen LogP contribution in [0, 0.1) is 11.8 Å². The fourth-order valence-corrected chi connectivity index (χ4v) is 5.33. The summed E-state index contributed by atoms with van der Waals surface area (Å²) < 4.78 is 10.8. The number of esters is 1. The van der Waals surface area contributed by atoms with Gasteiger partial charge in [-0.25, -0.2) is 4.79 Å². The SMILES string of the molecule is CCCC1OC(=O)/C(C)=C\C(C)CCCCC(=O)CCCC(CC)/C=C\C=C(\COC)CCC(O)C(O)CC(O)CNC1=O. The number of rotatable bonds is 5. The van der Waals surface area contributed by atoms with E-state index in [0.717, 1.165) is 44.1 Å². The molecule has 0 saturated carbocycles. The summed E-state index contributed by atoms with van der Waals surface area (Å²) in [6.07, 6.45) is 11.7. The molecule has 9 heteroatoms. The number of Topliss-reactive ketones (excluding diaryl/α,β-unsaturated/α-hetero) is 1. The number of ketones is 1. The van der Waals surface area contributed by atoms with E-state index in [0.29, 0.717) is 50.2 Å². The number of β-amino-alcohol motifs (C(OH)–C–C–N with tert-alkyl or cyclic N) is 1. The van der Waals surface area contributed by atoms with E-state index in [1.54, 1.807) is 14.0 Å². The Morgan fingerprint density at radius 2 is 1.70 bits per heavy atom. The highest BCUT2D eigenvalue weighted by atomic mass is 16.5. The highest BCUT2D eigenvalue weighted by molar-refractivity contribution is 5.91. The largest absolute Gasteiger partial charge is 0.449 e. The Morgan fingerprint density at radius 1 is 0.977 bits per heavy atom. The van der Waals surface area contributed by atoms with Crippen molar-refractivity contribution in [3.63, 3.8) is 0 Å². The second-order valence-corrected chi connectivity index (χ2v) is 12.3. The number of cyclic esters (lactones) is 1. The molecule has 1 aliphatic heterocycles. The number of amides is 1. The Hall–Kier alpha value is -2.33. The van der Waals surface area contributed by atoms with E-state index >= 15 is 0 Å². The van der Waals surface area contributed by atoms with E-state index < -0.39 is 36.3 Å². The topological polar surface area (TPSA) is 142 Å². The molecule has 0 radical (unpaired) electrons. The molecule has 0 aliphatic carbocycles. The second kappa shape index (κ2) is 23.1. The van der Waals surface area contributed by atoms with Crippen LogP contribution in [0.25, 0.3) is 0 Å². The van der Waals surface area contributed by atoms with Gasteiger partial charge in [-0.05, 0) is 75.7 Å². The normalized spacial score (nSPS) is 32.1. The standard InChI is InChI=1S/C35H59NO8/c1-6-12-33-34(41)36-23-30(38)22-32(40)31(39)20-19-28(24-43-5)16-10-14-27(7-2)15-11-18-29(37)17-9-8-13-25(3)21-26(4)35(42)44-33/h10,14,16,21,25,27,30-33,38-40H,6-9,11-13,15,17-20,22-24H2,1-5H3,(H,36,41)/b14-10-,26-21-,28-16+. The molecule has 6 unspecified atom stereocenters. The Morgan fingerprint density at radius 3 is 2.39 bits per heavy atom. The van der Waals surface area contributed by atoms with Crippen LogP contribution >= 0.6 is 0 Å². The van der Waals surface area contributed by atoms with E-state index in [-0.39, 0.29) is 31.1 Å². The van der Waals surface area contributed by atoms with E-state index in [1.807, 2.05) is 32.1 Å². The van der Waals surface area contributed by atoms with Gasteiger partial charge in [-0.1, -0.05) is 57.9 Å². The van der Waals surface area contributed by atoms with Gasteiger partial charge in [0.25, 0.3) is 5.91 Å². The van der Waals surface area contributed by atoms with Crippen LogP contribution < -0.4 is 5.32 Å². The molecule has 0 bridgehead atoms. The summed E-state index contributed by atoms with van der Waals surface area (Å²) in [5.74, 6) is -0.300. The molecule has 44 heavy (non-hydrogen) atoms. The lowest BCUT2D eigenvalue weighted by atomic mass is 9.95. The lowest BCUT2D eigenvalue weighted by Crippen LogP contribution is -2.42. The van der Waals surface area contributed by atoms with Gasteiger partial charge in [0.05, 0.1) is 24.9 Å². The van der Waals surface area contributed by atoms with Crippen molar-refractivity contribution >= 4 is 17.7 Å². The summed E-state index contributed by atoms with van der Waals surface area (Å²) in [5, 5.41) is 34.1. The third kappa shape index (κ3) is 17.2. The van der Waals surface area contributed by atoms with Crippen molar-refractivity contribution in [1.29, 1.82) is 0 Å². The molecule has 0 fully saturated rings. The van der Waals surface area contributed by atoms with Gasteiger partial charge in [0, 0.05) is 38.5 Å². The number of aliphatic hydroxyl groups is 3. The minimum atomic E-state index is -1.18. The predicted molar refractivity (Wildman–Crippen MR) is 173 cm³/mol. The number of carbonyl (C=O) groups is 3. The van der Waals surface area contributed by atoms with Crippen LogP contribution in [0.15, 0.2) is 35.5 Å². The average Bonchev–Trinajstić information content (AvgIpc) is 2.98. The first kappa shape index (κ1) is 39.7. The fourth-order valence-electron chi connectivity index (χ4n) is 5.33. The Balaban J connectivity index is 3.00. The van der Waals surface area contributed by atoms with E-state index in [2.05, 4.69) is 18.3 Å². The van der Waals surface area contributed by atoms with Crippen LogP contribution in [-0.2, 0) is 23.9 Å². The first-order valence-electron chi connectivity index (χ1n) is 16.6. The van der Waals surface area contributed by atoms with Crippen molar-refractivity contribution in [3.05, 3.63) is 35.5 Å². The zero-order valence-corrected chi connectivity index (χ0v) is 27.8. The number of hydrogen-bond donors (Lipinski definition) is 4. The first-order valence-corrected chi connectivity index (χ1v) is 16.6. The van der Waals surface area contributed by atoms with Gasteiger partial charge in [-0.2, -0.15) is 0 Å². The molecule has 1 amide bonds. The highest BCUT2D eigenvalue weighted by Gasteiger charge is 2.25. The monoisotopic (exact) mass is 621 g/mol. The highest BCUT2D eigenvalue weighted by Crippen LogP contribution is 2.19. The maximum atomic E-state index is 12.8. The summed E-state index contributed by atoms with van der Waals surface area (Å²) in [4.78, 5) is 38.0. The van der Waals surface area contributed by atoms with Gasteiger partial charge in [0.2, 0.25) is 0 Å². The van der Waals surface area contributed by atoms with Gasteiger partial charge in [0.15, 0.2) is 6.10 Å². The molecule has 0 spiro atoms. The van der Waals surface area contributed by atoms with E-state index in [9.17, 15) is 29.7 Å². The first-order chi connectivity index (χ1) is 21.0. The van der Waals surface area contributed by atoms with Crippen molar-refractivity contribution < 1.29 is 39.2 Å². The number of carbonyl (C=O) groups excluding carboxylic acids is 3. The number of allylic oxidation sites excluding steroid dienone is 4. The van der Waals surface area contributed by atoms with E-state index in [4.69, 9.17) is 9.47 Å². The molecule has 0 aromatic carbocycles. The molecular weight excluding hydrogens is 562 g/mol. The number of ether oxygens (including phenoxy) is 2. The molecule has 252 valence electrons. The summed E-state index contributed by atoms with van der Waals surface area (Å²) in [6.45, 7) is 7.96. The molecule has 0 aromatic rings. The molecule has 9 nitrogen and oxygen atoms in total.